The van der Waals surface area contributed by atoms with E-state index in [0.717, 1.165) is 0 Å². The first-order valence-electron chi connectivity index (χ1n) is 7.90. The van der Waals surface area contributed by atoms with Crippen LogP contribution in [-0.2, 0) is 14.6 Å². The van der Waals surface area contributed by atoms with Gasteiger partial charge in [0.15, 0.2) is 9.84 Å². The molecule has 5 nitrogen and oxygen atoms in total. The number of alkyl carbamates (subject to hydrolysis) is 1. The number of sulfone groups is 1. The normalized spacial score (nSPS) is 13.7. The molecule has 0 saturated heterocycles. The molecule has 1 N–H and O–H groups in total. The van der Waals surface area contributed by atoms with Crippen LogP contribution in [0.15, 0.2) is 35.2 Å². The van der Waals surface area contributed by atoms with Gasteiger partial charge >= 0.3 is 6.09 Å². The van der Waals surface area contributed by atoms with Gasteiger partial charge in [-0.05, 0) is 38.8 Å². The summed E-state index contributed by atoms with van der Waals surface area (Å²) in [7, 11) is -3.69. The molecule has 0 saturated carbocycles. The van der Waals surface area contributed by atoms with Gasteiger partial charge < -0.3 is 10.1 Å². The van der Waals surface area contributed by atoms with Crippen molar-refractivity contribution in [3.63, 3.8) is 0 Å². The molecule has 1 atom stereocenters. The van der Waals surface area contributed by atoms with E-state index in [0.29, 0.717) is 12.8 Å². The number of amides is 1. The number of rotatable bonds is 6. The lowest BCUT2D eigenvalue weighted by Gasteiger charge is -2.28. The summed E-state index contributed by atoms with van der Waals surface area (Å²) in [4.78, 5) is 12.3. The highest BCUT2D eigenvalue weighted by Gasteiger charge is 2.35. The van der Waals surface area contributed by atoms with Crippen molar-refractivity contribution in [1.82, 2.24) is 5.32 Å². The van der Waals surface area contributed by atoms with Gasteiger partial charge in [-0.25, -0.2) is 13.2 Å². The topological polar surface area (TPSA) is 72.5 Å². The number of carbonyl (C=O) groups is 1. The zero-order valence-electron chi connectivity index (χ0n) is 14.5. The first kappa shape index (κ1) is 19.5. The number of benzene rings is 1. The van der Waals surface area contributed by atoms with E-state index < -0.39 is 26.9 Å². The van der Waals surface area contributed by atoms with E-state index >= 15 is 0 Å². The lowest BCUT2D eigenvalue weighted by Crippen LogP contribution is -2.47. The van der Waals surface area contributed by atoms with Gasteiger partial charge in [0.1, 0.15) is 11.0 Å². The molecule has 0 aromatic heterocycles. The molecule has 0 aliphatic carbocycles. The van der Waals surface area contributed by atoms with Crippen LogP contribution >= 0.6 is 0 Å². The third-order valence-corrected chi connectivity index (χ3v) is 5.64. The quantitative estimate of drug-likeness (QED) is 0.855. The maximum atomic E-state index is 12.9. The van der Waals surface area contributed by atoms with E-state index in [4.69, 9.17) is 4.74 Å². The molecule has 1 aromatic rings. The summed E-state index contributed by atoms with van der Waals surface area (Å²) in [6.45, 7) is 9.05. The zero-order valence-corrected chi connectivity index (χ0v) is 15.3. The van der Waals surface area contributed by atoms with E-state index in [1.807, 2.05) is 13.8 Å². The van der Waals surface area contributed by atoms with Crippen molar-refractivity contribution in [2.45, 2.75) is 63.3 Å². The van der Waals surface area contributed by atoms with Gasteiger partial charge in [-0.3, -0.25) is 0 Å². The van der Waals surface area contributed by atoms with Crippen molar-refractivity contribution >= 4 is 15.9 Å². The van der Waals surface area contributed by atoms with Crippen LogP contribution in [0.2, 0.25) is 0 Å². The standard InChI is InChI=1S/C17H27NO4S/c1-6-13(7-2)15(18-16(19)22-17(3,4)5)23(20,21)14-11-9-8-10-12-14/h8-13,15H,6-7H2,1-5H3,(H,18,19). The van der Waals surface area contributed by atoms with Crippen molar-refractivity contribution in [1.29, 1.82) is 0 Å². The van der Waals surface area contributed by atoms with Crippen LogP contribution in [0.25, 0.3) is 0 Å². The molecule has 0 aliphatic heterocycles. The molecule has 1 aromatic carbocycles. The lowest BCUT2D eigenvalue weighted by atomic mass is 10.0. The maximum Gasteiger partial charge on any atom is 0.408 e. The minimum absolute atomic E-state index is 0.187. The monoisotopic (exact) mass is 341 g/mol. The van der Waals surface area contributed by atoms with E-state index in [1.165, 1.54) is 0 Å². The summed E-state index contributed by atoms with van der Waals surface area (Å²) < 4.78 is 31.1. The molecular formula is C17H27NO4S. The highest BCUT2D eigenvalue weighted by molar-refractivity contribution is 7.92. The molecule has 0 bridgehead atoms. The Morgan fingerprint density at radius 3 is 2.09 bits per heavy atom. The van der Waals surface area contributed by atoms with Crippen LogP contribution in [0.1, 0.15) is 47.5 Å². The van der Waals surface area contributed by atoms with Crippen LogP contribution in [-0.4, -0.2) is 25.5 Å². The van der Waals surface area contributed by atoms with Crippen molar-refractivity contribution in [2.75, 3.05) is 0 Å². The molecule has 1 unspecified atom stereocenters. The van der Waals surface area contributed by atoms with Gasteiger partial charge in [0.2, 0.25) is 0 Å². The number of carbonyl (C=O) groups excluding carboxylic acids is 1. The molecule has 0 radical (unpaired) electrons. The Morgan fingerprint density at radius 1 is 1.13 bits per heavy atom. The largest absolute Gasteiger partial charge is 0.444 e. The Hall–Kier alpha value is -1.56. The highest BCUT2D eigenvalue weighted by atomic mass is 32.2. The summed E-state index contributed by atoms with van der Waals surface area (Å²) >= 11 is 0. The first-order chi connectivity index (χ1) is 10.6. The molecule has 0 spiro atoms. The molecule has 1 rings (SSSR count). The maximum absolute atomic E-state index is 12.9. The summed E-state index contributed by atoms with van der Waals surface area (Å²) in [5.74, 6) is -0.187. The van der Waals surface area contributed by atoms with Gasteiger partial charge in [-0.2, -0.15) is 0 Å². The molecule has 0 heterocycles. The minimum atomic E-state index is -3.69. The van der Waals surface area contributed by atoms with Crippen LogP contribution in [0.5, 0.6) is 0 Å². The van der Waals surface area contributed by atoms with Crippen molar-refractivity contribution < 1.29 is 17.9 Å². The van der Waals surface area contributed by atoms with E-state index in [2.05, 4.69) is 5.32 Å². The van der Waals surface area contributed by atoms with Crippen LogP contribution in [0, 0.1) is 5.92 Å². The molecule has 1 amide bonds. The van der Waals surface area contributed by atoms with E-state index in [9.17, 15) is 13.2 Å². The molecular weight excluding hydrogens is 314 g/mol. The second kappa shape index (κ2) is 7.81. The number of ether oxygens (including phenoxy) is 1. The smallest absolute Gasteiger partial charge is 0.408 e. The van der Waals surface area contributed by atoms with Gasteiger partial charge in [0.05, 0.1) is 4.90 Å². The Balaban J connectivity index is 3.13. The molecule has 130 valence electrons. The predicted octanol–water partition coefficient (Wildman–Crippen LogP) is 3.75. The Bertz CT molecular complexity index is 601. The van der Waals surface area contributed by atoms with Crippen LogP contribution in [0.4, 0.5) is 4.79 Å². The average Bonchev–Trinajstić information content (AvgIpc) is 2.46. The zero-order chi connectivity index (χ0) is 17.7. The fourth-order valence-corrected chi connectivity index (χ4v) is 4.32. The molecule has 6 heteroatoms. The van der Waals surface area contributed by atoms with Gasteiger partial charge in [-0.15, -0.1) is 0 Å². The van der Waals surface area contributed by atoms with Gasteiger partial charge in [0.25, 0.3) is 0 Å². The van der Waals surface area contributed by atoms with Gasteiger partial charge in [0, 0.05) is 0 Å². The SMILES string of the molecule is CCC(CC)C(NC(=O)OC(C)(C)C)S(=O)(=O)c1ccccc1. The number of hydrogen-bond acceptors (Lipinski definition) is 4. The first-order valence-corrected chi connectivity index (χ1v) is 9.45. The number of hydrogen-bond donors (Lipinski definition) is 1. The average molecular weight is 341 g/mol. The Morgan fingerprint density at radius 2 is 1.65 bits per heavy atom. The van der Waals surface area contributed by atoms with E-state index in [-0.39, 0.29) is 10.8 Å². The number of nitrogens with one attached hydrogen (secondary N) is 1. The summed E-state index contributed by atoms with van der Waals surface area (Å²) in [6, 6.07) is 8.18. The lowest BCUT2D eigenvalue weighted by molar-refractivity contribution is 0.0506. The third-order valence-electron chi connectivity index (χ3n) is 3.54. The predicted molar refractivity (Wildman–Crippen MR) is 90.9 cm³/mol. The van der Waals surface area contributed by atoms with E-state index in [1.54, 1.807) is 51.1 Å². The third kappa shape index (κ3) is 5.53. The Kier molecular flexibility index (Phi) is 6.62. The molecule has 0 fully saturated rings. The fourth-order valence-electron chi connectivity index (χ4n) is 2.35. The fraction of sp³-hybridized carbons (Fsp3) is 0.588. The van der Waals surface area contributed by atoms with Crippen molar-refractivity contribution in [2.24, 2.45) is 5.92 Å². The summed E-state index contributed by atoms with van der Waals surface area (Å²) in [6.07, 6.45) is 0.570. The highest BCUT2D eigenvalue weighted by Crippen LogP contribution is 2.24. The van der Waals surface area contributed by atoms with Crippen molar-refractivity contribution in [3.8, 4) is 0 Å². The summed E-state index contributed by atoms with van der Waals surface area (Å²) in [5.41, 5.74) is -0.681. The molecule has 0 aliphatic rings. The Labute approximate surface area is 139 Å². The van der Waals surface area contributed by atoms with Crippen LogP contribution < -0.4 is 5.32 Å². The van der Waals surface area contributed by atoms with Crippen LogP contribution in [0.3, 0.4) is 0 Å². The second-order valence-electron chi connectivity index (χ2n) is 6.50. The summed E-state index contributed by atoms with van der Waals surface area (Å²) in [5, 5.41) is 1.56. The van der Waals surface area contributed by atoms with Crippen molar-refractivity contribution in [3.05, 3.63) is 30.3 Å². The minimum Gasteiger partial charge on any atom is -0.444 e. The molecule has 23 heavy (non-hydrogen) atoms. The second-order valence-corrected chi connectivity index (χ2v) is 8.57. The van der Waals surface area contributed by atoms with Gasteiger partial charge in [-0.1, -0.05) is 44.9 Å².